The number of nitrogens with one attached hydrogen (secondary N) is 1. The van der Waals surface area contributed by atoms with Crippen LogP contribution < -0.4 is 5.32 Å². The van der Waals surface area contributed by atoms with Crippen molar-refractivity contribution in [3.05, 3.63) is 90.6 Å². The highest BCUT2D eigenvalue weighted by molar-refractivity contribution is 6.76. The third-order valence-electron chi connectivity index (χ3n) is 8.56. The first-order chi connectivity index (χ1) is 15.6. The second-order valence-corrected chi connectivity index (χ2v) is 14.9. The number of benzene rings is 1. The number of rotatable bonds is 3. The smallest absolute Gasteiger partial charge is 0.130 e. The molecule has 0 radical (unpaired) electrons. The van der Waals surface area contributed by atoms with Gasteiger partial charge in [-0.3, -0.25) is 14.9 Å². The molecule has 1 aromatic carbocycles. The van der Waals surface area contributed by atoms with Crippen LogP contribution >= 0.6 is 0 Å². The summed E-state index contributed by atoms with van der Waals surface area (Å²) in [7, 11) is -1.90. The summed E-state index contributed by atoms with van der Waals surface area (Å²) in [6, 6.07) is 11.1. The molecule has 0 spiro atoms. The Morgan fingerprint density at radius 2 is 1.44 bits per heavy atom. The number of allylic oxidation sites excluding steroid dienone is 9. The van der Waals surface area contributed by atoms with Crippen molar-refractivity contribution < 1.29 is 0 Å². The summed E-state index contributed by atoms with van der Waals surface area (Å²) >= 11 is 0. The highest BCUT2D eigenvalue weighted by atomic mass is 28.3. The number of dihydropyridines is 1. The van der Waals surface area contributed by atoms with E-state index in [0.29, 0.717) is 35.4 Å². The molecule has 3 nitrogen and oxygen atoms in total. The average Bonchev–Trinajstić information content (AvgIpc) is 3.34. The van der Waals surface area contributed by atoms with Gasteiger partial charge in [-0.2, -0.15) is 0 Å². The van der Waals surface area contributed by atoms with Crippen LogP contribution in [0.3, 0.4) is 0 Å². The van der Waals surface area contributed by atoms with Crippen LogP contribution in [0.5, 0.6) is 0 Å². The van der Waals surface area contributed by atoms with E-state index in [1.807, 2.05) is 6.21 Å². The molecule has 3 aliphatic carbocycles. The molecule has 2 aliphatic heterocycles. The Morgan fingerprint density at radius 3 is 2.06 bits per heavy atom. The molecule has 1 N–H and O–H groups in total. The highest BCUT2D eigenvalue weighted by Gasteiger charge is 2.59. The Morgan fingerprint density at radius 1 is 0.844 bits per heavy atom. The largest absolute Gasteiger partial charge is 0.292 e. The molecule has 0 bridgehead atoms. The quantitative estimate of drug-likeness (QED) is 0.638. The Balaban J connectivity index is 1.37. The summed E-state index contributed by atoms with van der Waals surface area (Å²) in [5.41, 5.74) is 3.34. The molecule has 4 heteroatoms. The van der Waals surface area contributed by atoms with E-state index in [1.54, 1.807) is 0 Å². The Kier molecular flexibility index (Phi) is 4.86. The van der Waals surface area contributed by atoms with E-state index in [0.717, 1.165) is 0 Å². The topological polar surface area (TPSA) is 27.6 Å². The second-order valence-electron chi connectivity index (χ2n) is 10.5. The molecule has 2 heterocycles. The number of nitrogens with zero attached hydrogens (tertiary/aromatic N) is 2. The maximum atomic E-state index is 5.08. The minimum absolute atomic E-state index is 0.176. The molecule has 6 rings (SSSR count). The molecule has 1 aromatic rings. The van der Waals surface area contributed by atoms with Gasteiger partial charge in [-0.25, -0.2) is 0 Å². The predicted molar refractivity (Wildman–Crippen MR) is 137 cm³/mol. The summed E-state index contributed by atoms with van der Waals surface area (Å²) < 4.78 is 2.81. The minimum atomic E-state index is -1.90. The summed E-state index contributed by atoms with van der Waals surface area (Å²) in [4.78, 5) is 5.08. The number of hydrogen-bond acceptors (Lipinski definition) is 3. The van der Waals surface area contributed by atoms with Crippen molar-refractivity contribution in [1.29, 1.82) is 0 Å². The molecule has 5 unspecified atom stereocenters. The summed E-state index contributed by atoms with van der Waals surface area (Å²) in [6.45, 7) is 7.56. The van der Waals surface area contributed by atoms with Crippen LogP contribution in [-0.2, 0) is 0 Å². The molecular formula is C28H33N3Si. The third-order valence-corrected chi connectivity index (χ3v) is 12.9. The fraction of sp³-hybridized carbons (Fsp3) is 0.393. The standard InChI is InChI=1S/C28H33N3Si/c1-19-30-26-21(20-11-5-4-6-12-20)17-18-29-28(26)31(19)32(2,3)27-24-15-9-7-13-22(24)23-14-8-10-16-25(23)27/h4-19,22-28,30H,1-3H3/t19-,22?,23?,24?,25?,26?,27?,28+/m1/s1. The van der Waals surface area contributed by atoms with Crippen molar-refractivity contribution in [3.8, 4) is 0 Å². The molecule has 7 atom stereocenters. The first-order valence-corrected chi connectivity index (χ1v) is 15.1. The predicted octanol–water partition coefficient (Wildman–Crippen LogP) is 5.41. The molecule has 0 aromatic heterocycles. The maximum absolute atomic E-state index is 5.08. The van der Waals surface area contributed by atoms with Gasteiger partial charge < -0.3 is 0 Å². The lowest BCUT2D eigenvalue weighted by Gasteiger charge is -2.47. The second kappa shape index (κ2) is 7.65. The zero-order valence-electron chi connectivity index (χ0n) is 19.2. The van der Waals surface area contributed by atoms with Crippen molar-refractivity contribution in [3.63, 3.8) is 0 Å². The fourth-order valence-corrected chi connectivity index (χ4v) is 12.3. The van der Waals surface area contributed by atoms with E-state index in [-0.39, 0.29) is 12.2 Å². The average molecular weight is 440 g/mol. The summed E-state index contributed by atoms with van der Waals surface area (Å²) in [5.74, 6) is 2.48. The van der Waals surface area contributed by atoms with Gasteiger partial charge in [0.25, 0.3) is 0 Å². The fourth-order valence-electron chi connectivity index (χ4n) is 7.43. The van der Waals surface area contributed by atoms with Gasteiger partial charge in [0, 0.05) is 6.21 Å². The van der Waals surface area contributed by atoms with Gasteiger partial charge in [-0.1, -0.05) is 92.0 Å². The first-order valence-electron chi connectivity index (χ1n) is 12.1. The van der Waals surface area contributed by atoms with Gasteiger partial charge >= 0.3 is 0 Å². The Bertz CT molecular complexity index is 1030. The van der Waals surface area contributed by atoms with Gasteiger partial charge in [-0.05, 0) is 53.3 Å². The van der Waals surface area contributed by atoms with Crippen molar-refractivity contribution in [1.82, 2.24) is 9.88 Å². The van der Waals surface area contributed by atoms with Crippen LogP contribution in [0.15, 0.2) is 90.0 Å². The zero-order valence-corrected chi connectivity index (χ0v) is 20.2. The Labute approximate surface area is 193 Å². The third kappa shape index (κ3) is 2.97. The van der Waals surface area contributed by atoms with Crippen LogP contribution in [0.25, 0.3) is 5.57 Å². The van der Waals surface area contributed by atoms with Gasteiger partial charge in [0.05, 0.1) is 12.2 Å². The van der Waals surface area contributed by atoms with Gasteiger partial charge in [0.15, 0.2) is 0 Å². The van der Waals surface area contributed by atoms with Crippen molar-refractivity contribution in [2.24, 2.45) is 28.7 Å². The lowest BCUT2D eigenvalue weighted by molar-refractivity contribution is 0.313. The highest BCUT2D eigenvalue weighted by Crippen LogP contribution is 2.59. The van der Waals surface area contributed by atoms with Gasteiger partial charge in [0.2, 0.25) is 0 Å². The van der Waals surface area contributed by atoms with Crippen LogP contribution in [0.4, 0.5) is 0 Å². The summed E-state index contributed by atoms with van der Waals surface area (Å²) in [6.07, 6.45) is 23.8. The van der Waals surface area contributed by atoms with E-state index >= 15 is 0 Å². The van der Waals surface area contributed by atoms with Crippen molar-refractivity contribution in [2.75, 3.05) is 0 Å². The van der Waals surface area contributed by atoms with E-state index in [9.17, 15) is 0 Å². The van der Waals surface area contributed by atoms with Crippen molar-refractivity contribution >= 4 is 20.0 Å². The monoisotopic (exact) mass is 439 g/mol. The van der Waals surface area contributed by atoms with Crippen LogP contribution in [0.2, 0.25) is 18.6 Å². The summed E-state index contributed by atoms with van der Waals surface area (Å²) in [5, 5.41) is 3.94. The zero-order chi connectivity index (χ0) is 21.9. The molecule has 2 fully saturated rings. The molecule has 0 amide bonds. The van der Waals surface area contributed by atoms with E-state index in [2.05, 4.69) is 115 Å². The van der Waals surface area contributed by atoms with Crippen molar-refractivity contribution in [2.45, 2.75) is 43.9 Å². The van der Waals surface area contributed by atoms with Crippen LogP contribution in [0, 0.1) is 23.7 Å². The van der Waals surface area contributed by atoms with E-state index in [4.69, 9.17) is 4.99 Å². The lowest BCUT2D eigenvalue weighted by Crippen LogP contribution is -2.59. The van der Waals surface area contributed by atoms with Gasteiger partial charge in [0.1, 0.15) is 14.4 Å². The molecule has 5 aliphatic rings. The SMILES string of the molecule is C[C@@H]1NC2C(c3ccccc3)=CC=N[C@H]2N1[Si](C)(C)C1C2C=CC=CC2C2C=CC=CC21. The van der Waals surface area contributed by atoms with Crippen LogP contribution in [-0.4, -0.2) is 37.4 Å². The molecule has 164 valence electrons. The normalized spacial score (nSPS) is 39.7. The first kappa shape index (κ1) is 20.3. The molecule has 1 saturated carbocycles. The minimum Gasteiger partial charge on any atom is -0.292 e. The number of hydrogen-bond donors (Lipinski definition) is 1. The molecular weight excluding hydrogens is 406 g/mol. The Hall–Kier alpha value is -2.27. The molecule has 1 saturated heterocycles. The number of aliphatic imine (C=N–C) groups is 1. The van der Waals surface area contributed by atoms with Crippen LogP contribution in [0.1, 0.15) is 12.5 Å². The molecule has 32 heavy (non-hydrogen) atoms. The number of fused-ring (bicyclic) bond motifs is 4. The lowest BCUT2D eigenvalue weighted by atomic mass is 9.83. The maximum Gasteiger partial charge on any atom is 0.130 e. The van der Waals surface area contributed by atoms with Gasteiger partial charge in [-0.15, -0.1) is 0 Å². The van der Waals surface area contributed by atoms with E-state index < -0.39 is 8.24 Å². The van der Waals surface area contributed by atoms with E-state index in [1.165, 1.54) is 11.1 Å².